The number of aliphatic hydroxyl groups is 1. The molecular formula is C26H16Cl2FN3O5S. The summed E-state index contributed by atoms with van der Waals surface area (Å²) < 4.78 is 20.8. The van der Waals surface area contributed by atoms with Gasteiger partial charge in [-0.15, -0.1) is 11.3 Å². The maximum absolute atomic E-state index is 14.7. The van der Waals surface area contributed by atoms with Crippen LogP contribution in [-0.4, -0.2) is 26.9 Å². The van der Waals surface area contributed by atoms with Crippen LogP contribution in [0, 0.1) is 11.0 Å². The fraction of sp³-hybridized carbons (Fsp3) is 0.154. The van der Waals surface area contributed by atoms with Crippen LogP contribution in [0.5, 0.6) is 0 Å². The first-order valence-electron chi connectivity index (χ1n) is 11.3. The highest BCUT2D eigenvalue weighted by Crippen LogP contribution is 2.45. The van der Waals surface area contributed by atoms with Gasteiger partial charge < -0.3 is 19.8 Å². The van der Waals surface area contributed by atoms with E-state index in [0.717, 1.165) is 11.3 Å². The van der Waals surface area contributed by atoms with Gasteiger partial charge in [-0.1, -0.05) is 23.2 Å². The molecule has 6 rings (SSSR count). The molecule has 0 radical (unpaired) electrons. The lowest BCUT2D eigenvalue weighted by Gasteiger charge is -2.23. The van der Waals surface area contributed by atoms with Crippen LogP contribution in [0.15, 0.2) is 63.0 Å². The number of fused-ring (bicyclic) bond motifs is 1. The zero-order valence-corrected chi connectivity index (χ0v) is 21.6. The van der Waals surface area contributed by atoms with Crippen LogP contribution < -0.4 is 4.73 Å². The molecule has 4 heterocycles. The van der Waals surface area contributed by atoms with Gasteiger partial charge in [0.15, 0.2) is 29.8 Å². The topological polar surface area (TPSA) is 123 Å². The number of halogens is 3. The number of hydrogen-bond donors (Lipinski definition) is 2. The van der Waals surface area contributed by atoms with Crippen LogP contribution in [0.2, 0.25) is 5.02 Å². The van der Waals surface area contributed by atoms with Gasteiger partial charge in [0.05, 0.1) is 11.9 Å². The maximum atomic E-state index is 14.7. The molecule has 3 aromatic heterocycles. The number of hydrogen-bond acceptors (Lipinski definition) is 7. The lowest BCUT2D eigenvalue weighted by molar-refractivity contribution is -0.619. The van der Waals surface area contributed by atoms with Crippen molar-refractivity contribution in [2.75, 3.05) is 0 Å². The Morgan fingerprint density at radius 2 is 2.05 bits per heavy atom. The Hall–Kier alpha value is -3.57. The molecule has 0 fully saturated rings. The molecule has 4 aromatic rings. The van der Waals surface area contributed by atoms with E-state index in [1.165, 1.54) is 18.0 Å². The Labute approximate surface area is 228 Å². The number of nitrogens with zero attached hydrogens (tertiary/aromatic N) is 3. The summed E-state index contributed by atoms with van der Waals surface area (Å²) in [6.07, 6.45) is 4.73. The number of benzene rings is 1. The predicted molar refractivity (Wildman–Crippen MR) is 140 cm³/mol. The number of aliphatic imine (C=N–C) groups is 1. The minimum Gasteiger partial charge on any atom is -0.618 e. The average molecular weight is 572 g/mol. The number of aromatic carboxylic acids is 1. The molecule has 1 unspecified atom stereocenters. The molecule has 1 aromatic carbocycles. The first-order chi connectivity index (χ1) is 18.2. The van der Waals surface area contributed by atoms with Crippen molar-refractivity contribution < 1.29 is 28.5 Å². The molecular weight excluding hydrogens is 556 g/mol. The first kappa shape index (κ1) is 24.7. The minimum atomic E-state index is -1.73. The van der Waals surface area contributed by atoms with Crippen molar-refractivity contribution in [1.82, 2.24) is 4.98 Å². The van der Waals surface area contributed by atoms with Gasteiger partial charge in [0.1, 0.15) is 10.0 Å². The zero-order valence-electron chi connectivity index (χ0n) is 19.2. The quantitative estimate of drug-likeness (QED) is 0.178. The summed E-state index contributed by atoms with van der Waals surface area (Å²) in [5, 5.41) is 36.1. The number of rotatable bonds is 5. The van der Waals surface area contributed by atoms with E-state index in [9.17, 15) is 24.6 Å². The Morgan fingerprint density at radius 1 is 1.24 bits per heavy atom. The Morgan fingerprint density at radius 3 is 2.76 bits per heavy atom. The fourth-order valence-electron chi connectivity index (χ4n) is 5.05. The summed E-state index contributed by atoms with van der Waals surface area (Å²) in [6, 6.07) is 7.03. The van der Waals surface area contributed by atoms with Gasteiger partial charge in [-0.25, -0.2) is 19.2 Å². The van der Waals surface area contributed by atoms with Crippen molar-refractivity contribution in [3.8, 4) is 22.5 Å². The van der Waals surface area contributed by atoms with E-state index >= 15 is 0 Å². The highest BCUT2D eigenvalue weighted by Gasteiger charge is 2.50. The molecule has 38 heavy (non-hydrogen) atoms. The highest BCUT2D eigenvalue weighted by molar-refractivity contribution is 7.12. The van der Waals surface area contributed by atoms with Crippen LogP contribution in [0.3, 0.4) is 0 Å². The number of pyridine rings is 1. The lowest BCUT2D eigenvalue weighted by Crippen LogP contribution is -2.45. The molecule has 1 aliphatic heterocycles. The number of carbonyl (C=O) groups is 1. The van der Waals surface area contributed by atoms with Crippen LogP contribution in [0.25, 0.3) is 28.0 Å². The van der Waals surface area contributed by atoms with E-state index in [0.29, 0.717) is 44.2 Å². The third kappa shape index (κ3) is 3.83. The standard InChI is InChI=1S/C26H16Cl2FN3O5S/c27-14-1-2-15(19-8-30-11-37-19)16(6-14)13-5-12-3-4-26(35,23(12)32(36)9-13)20-7-17(24(28)31-20)18-10-38-22(21(18)29)25(33)34/h1-2,5-6,8-11,35H,3-4,7H2,(H,33,34). The van der Waals surface area contributed by atoms with Crippen LogP contribution in [-0.2, 0) is 12.0 Å². The van der Waals surface area contributed by atoms with Gasteiger partial charge in [-0.3, -0.25) is 0 Å². The van der Waals surface area contributed by atoms with Gasteiger partial charge in [-0.05, 0) is 37.1 Å². The van der Waals surface area contributed by atoms with E-state index in [1.807, 2.05) is 6.07 Å². The highest BCUT2D eigenvalue weighted by atomic mass is 35.5. The number of allylic oxidation sites excluding steroid dienone is 1. The normalized spacial score (nSPS) is 18.7. The zero-order chi connectivity index (χ0) is 26.8. The van der Waals surface area contributed by atoms with Gasteiger partial charge in [0.25, 0.3) is 0 Å². The third-order valence-electron chi connectivity index (χ3n) is 6.80. The van der Waals surface area contributed by atoms with E-state index < -0.39 is 22.3 Å². The number of thiophene rings is 1. The number of aromatic nitrogens is 2. The van der Waals surface area contributed by atoms with Crippen molar-refractivity contribution in [2.24, 2.45) is 4.99 Å². The molecule has 0 saturated carbocycles. The number of carboxylic acids is 1. The monoisotopic (exact) mass is 571 g/mol. The summed E-state index contributed by atoms with van der Waals surface area (Å²) in [4.78, 5) is 19.1. The molecule has 0 amide bonds. The second-order valence-corrected chi connectivity index (χ2v) is 10.6. The molecule has 0 bridgehead atoms. The number of oxazole rings is 1. The van der Waals surface area contributed by atoms with E-state index in [1.54, 1.807) is 24.4 Å². The number of carboxylic acid groups (broad SMARTS) is 1. The summed E-state index contributed by atoms with van der Waals surface area (Å²) >= 11 is 13.3. The van der Waals surface area contributed by atoms with Crippen molar-refractivity contribution in [1.29, 1.82) is 0 Å². The molecule has 0 saturated heterocycles. The fourth-order valence-corrected chi connectivity index (χ4v) is 6.29. The Kier molecular flexibility index (Phi) is 5.88. The first-order valence-corrected chi connectivity index (χ1v) is 13.0. The van der Waals surface area contributed by atoms with Crippen LogP contribution in [0.1, 0.15) is 39.3 Å². The van der Waals surface area contributed by atoms with Crippen LogP contribution in [0.4, 0.5) is 4.39 Å². The molecule has 1 aliphatic carbocycles. The SMILES string of the molecule is O=C(O)c1scc(C2=C(Cl)N=C(C3(O)CCc4cc(-c5cc(Cl)ccc5-c5cnco5)c[n+]([O-])c43)C2)c1F. The second kappa shape index (κ2) is 9.02. The van der Waals surface area contributed by atoms with Crippen molar-refractivity contribution >= 4 is 51.8 Å². The minimum absolute atomic E-state index is 0.0178. The molecule has 12 heteroatoms. The molecule has 0 spiro atoms. The predicted octanol–water partition coefficient (Wildman–Crippen LogP) is 5.78. The van der Waals surface area contributed by atoms with Crippen LogP contribution >= 0.6 is 34.5 Å². The van der Waals surface area contributed by atoms with Crippen molar-refractivity contribution in [2.45, 2.75) is 24.9 Å². The van der Waals surface area contributed by atoms with Gasteiger partial charge in [0, 0.05) is 50.2 Å². The second-order valence-electron chi connectivity index (χ2n) is 8.95. The summed E-state index contributed by atoms with van der Waals surface area (Å²) in [5.74, 6) is -1.78. The molecule has 192 valence electrons. The van der Waals surface area contributed by atoms with Gasteiger partial charge in [-0.2, -0.15) is 4.73 Å². The largest absolute Gasteiger partial charge is 0.618 e. The van der Waals surface area contributed by atoms with E-state index in [2.05, 4.69) is 9.98 Å². The molecule has 8 nitrogen and oxygen atoms in total. The van der Waals surface area contributed by atoms with Crippen molar-refractivity contribution in [3.63, 3.8) is 0 Å². The van der Waals surface area contributed by atoms with Gasteiger partial charge in [0.2, 0.25) is 5.69 Å². The molecule has 1 atom stereocenters. The summed E-state index contributed by atoms with van der Waals surface area (Å²) in [6.45, 7) is 0. The van der Waals surface area contributed by atoms with Gasteiger partial charge >= 0.3 is 5.97 Å². The number of aryl methyl sites for hydroxylation is 1. The molecule has 2 N–H and O–H groups in total. The average Bonchev–Trinajstić information content (AvgIpc) is 3.66. The Balaban J connectivity index is 1.37. The summed E-state index contributed by atoms with van der Waals surface area (Å²) in [7, 11) is 0. The smallest absolute Gasteiger partial charge is 0.348 e. The maximum Gasteiger partial charge on any atom is 0.348 e. The van der Waals surface area contributed by atoms with E-state index in [-0.39, 0.29) is 40.5 Å². The Bertz CT molecular complexity index is 1700. The third-order valence-corrected chi connectivity index (χ3v) is 8.29. The summed E-state index contributed by atoms with van der Waals surface area (Å²) in [5.41, 5.74) is 1.39. The molecule has 2 aliphatic rings. The lowest BCUT2D eigenvalue weighted by atomic mass is 9.89. The van der Waals surface area contributed by atoms with E-state index in [4.69, 9.17) is 27.6 Å². The van der Waals surface area contributed by atoms with Crippen molar-refractivity contribution in [3.05, 3.63) is 91.3 Å².